The first-order valence-electron chi connectivity index (χ1n) is 5.96. The molecule has 0 saturated heterocycles. The van der Waals surface area contributed by atoms with E-state index in [9.17, 15) is 0 Å². The molecule has 0 radical (unpaired) electrons. The minimum Gasteiger partial charge on any atom is -0.497 e. The monoisotopic (exact) mass is 233 g/mol. The predicted octanol–water partition coefficient (Wildman–Crippen LogP) is 2.55. The highest BCUT2D eigenvalue weighted by atomic mass is 16.5. The molecule has 92 valence electrons. The largest absolute Gasteiger partial charge is 0.497 e. The van der Waals surface area contributed by atoms with Crippen molar-refractivity contribution in [2.45, 2.75) is 32.2 Å². The summed E-state index contributed by atoms with van der Waals surface area (Å²) in [5, 5.41) is 0. The molecule has 0 bridgehead atoms. The molecule has 1 aromatic heterocycles. The summed E-state index contributed by atoms with van der Waals surface area (Å²) in [4.78, 5) is 7.86. The molecule has 4 heteroatoms. The minimum atomic E-state index is -0.369. The Morgan fingerprint density at radius 3 is 2.65 bits per heavy atom. The van der Waals surface area contributed by atoms with Crippen molar-refractivity contribution >= 4 is 11.0 Å². The summed E-state index contributed by atoms with van der Waals surface area (Å²) in [6.45, 7) is 4.16. The van der Waals surface area contributed by atoms with Crippen LogP contribution in [-0.4, -0.2) is 17.1 Å². The van der Waals surface area contributed by atoms with Gasteiger partial charge in [0.1, 0.15) is 11.6 Å². The zero-order valence-electron chi connectivity index (χ0n) is 10.6. The number of H-pyrrole nitrogens is 1. The Bertz CT molecular complexity index is 514. The van der Waals surface area contributed by atoms with Crippen LogP contribution in [0.25, 0.3) is 11.0 Å². The Kier molecular flexibility index (Phi) is 3.07. The summed E-state index contributed by atoms with van der Waals surface area (Å²) in [6.07, 6.45) is 1.72. The Labute approximate surface area is 101 Å². The van der Waals surface area contributed by atoms with Crippen molar-refractivity contribution in [2.75, 3.05) is 7.11 Å². The summed E-state index contributed by atoms with van der Waals surface area (Å²) in [5.74, 6) is 1.68. The summed E-state index contributed by atoms with van der Waals surface area (Å²) in [7, 11) is 1.66. The summed E-state index contributed by atoms with van der Waals surface area (Å²) in [5.41, 5.74) is 7.86. The molecule has 0 aliphatic rings. The number of nitrogens with two attached hydrogens (primary N) is 1. The van der Waals surface area contributed by atoms with Gasteiger partial charge in [0.2, 0.25) is 0 Å². The van der Waals surface area contributed by atoms with Crippen molar-refractivity contribution in [3.8, 4) is 5.75 Å². The van der Waals surface area contributed by atoms with E-state index in [0.717, 1.165) is 35.4 Å². The molecule has 17 heavy (non-hydrogen) atoms. The van der Waals surface area contributed by atoms with E-state index in [2.05, 4.69) is 23.8 Å². The average Bonchev–Trinajstić information content (AvgIpc) is 2.80. The fourth-order valence-corrected chi connectivity index (χ4v) is 1.94. The van der Waals surface area contributed by atoms with Crippen LogP contribution in [0.5, 0.6) is 5.75 Å². The molecule has 1 heterocycles. The Hall–Kier alpha value is -1.55. The van der Waals surface area contributed by atoms with Gasteiger partial charge < -0.3 is 15.5 Å². The lowest BCUT2D eigenvalue weighted by atomic mass is 9.93. The van der Waals surface area contributed by atoms with Crippen LogP contribution < -0.4 is 10.5 Å². The molecule has 0 saturated carbocycles. The maximum Gasteiger partial charge on any atom is 0.127 e. The maximum atomic E-state index is 6.33. The van der Waals surface area contributed by atoms with Gasteiger partial charge in [-0.15, -0.1) is 0 Å². The number of rotatable bonds is 4. The van der Waals surface area contributed by atoms with Crippen LogP contribution in [0.15, 0.2) is 18.2 Å². The van der Waals surface area contributed by atoms with Gasteiger partial charge in [-0.3, -0.25) is 0 Å². The Morgan fingerprint density at radius 1 is 1.35 bits per heavy atom. The van der Waals surface area contributed by atoms with Gasteiger partial charge in [0.05, 0.1) is 23.7 Å². The highest BCUT2D eigenvalue weighted by Gasteiger charge is 2.26. The van der Waals surface area contributed by atoms with Crippen molar-refractivity contribution in [2.24, 2.45) is 5.73 Å². The molecular formula is C13H19N3O. The molecule has 0 unspecified atom stereocenters. The number of fused-ring (bicyclic) bond motifs is 1. The van der Waals surface area contributed by atoms with Crippen molar-refractivity contribution in [3.63, 3.8) is 0 Å². The lowest BCUT2D eigenvalue weighted by Gasteiger charge is -2.23. The second kappa shape index (κ2) is 4.37. The fourth-order valence-electron chi connectivity index (χ4n) is 1.94. The third kappa shape index (κ3) is 2.00. The molecule has 1 aromatic carbocycles. The second-order valence-corrected chi connectivity index (χ2v) is 4.33. The molecule has 0 spiro atoms. The molecule has 0 aliphatic heterocycles. The number of nitrogens with one attached hydrogen (secondary N) is 1. The maximum absolute atomic E-state index is 6.33. The van der Waals surface area contributed by atoms with Gasteiger partial charge in [0.25, 0.3) is 0 Å². The van der Waals surface area contributed by atoms with Crippen LogP contribution in [0.4, 0.5) is 0 Å². The number of aromatic amines is 1. The third-order valence-electron chi connectivity index (χ3n) is 3.42. The van der Waals surface area contributed by atoms with Gasteiger partial charge in [-0.1, -0.05) is 13.8 Å². The summed E-state index contributed by atoms with van der Waals surface area (Å²) >= 11 is 0. The third-order valence-corrected chi connectivity index (χ3v) is 3.42. The normalized spacial score (nSPS) is 12.0. The van der Waals surface area contributed by atoms with E-state index in [1.807, 2.05) is 18.2 Å². The molecule has 2 aromatic rings. The van der Waals surface area contributed by atoms with Crippen molar-refractivity contribution in [1.82, 2.24) is 9.97 Å². The number of nitrogens with zero attached hydrogens (tertiary/aromatic N) is 1. The molecule has 0 fully saturated rings. The van der Waals surface area contributed by atoms with Crippen LogP contribution in [0, 0.1) is 0 Å². The number of imidazole rings is 1. The quantitative estimate of drug-likeness (QED) is 0.853. The number of hydrogen-bond acceptors (Lipinski definition) is 3. The van der Waals surface area contributed by atoms with Crippen LogP contribution >= 0.6 is 0 Å². The van der Waals surface area contributed by atoms with Gasteiger partial charge in [-0.2, -0.15) is 0 Å². The number of ether oxygens (including phenoxy) is 1. The molecule has 2 rings (SSSR count). The van der Waals surface area contributed by atoms with E-state index in [-0.39, 0.29) is 5.54 Å². The molecule has 4 nitrogen and oxygen atoms in total. The van der Waals surface area contributed by atoms with Crippen molar-refractivity contribution < 1.29 is 4.74 Å². The topological polar surface area (TPSA) is 63.9 Å². The molecular weight excluding hydrogens is 214 g/mol. The number of hydrogen-bond donors (Lipinski definition) is 2. The van der Waals surface area contributed by atoms with Gasteiger partial charge in [0, 0.05) is 6.07 Å². The van der Waals surface area contributed by atoms with Gasteiger partial charge >= 0.3 is 0 Å². The van der Waals surface area contributed by atoms with Crippen molar-refractivity contribution in [3.05, 3.63) is 24.0 Å². The van der Waals surface area contributed by atoms with E-state index < -0.39 is 0 Å². The minimum absolute atomic E-state index is 0.369. The number of aromatic nitrogens is 2. The predicted molar refractivity (Wildman–Crippen MR) is 69.1 cm³/mol. The Balaban J connectivity index is 2.50. The van der Waals surface area contributed by atoms with E-state index in [4.69, 9.17) is 10.5 Å². The fraction of sp³-hybridized carbons (Fsp3) is 0.462. The first kappa shape index (κ1) is 11.9. The van der Waals surface area contributed by atoms with Gasteiger partial charge in [0.15, 0.2) is 0 Å². The van der Waals surface area contributed by atoms with Gasteiger partial charge in [-0.25, -0.2) is 4.98 Å². The standard InChI is InChI=1S/C13H19N3O/c1-4-13(14,5-2)12-15-10-7-6-9(17-3)8-11(10)16-12/h6-8H,4-5,14H2,1-3H3,(H,15,16). The Morgan fingerprint density at radius 2 is 2.06 bits per heavy atom. The van der Waals surface area contributed by atoms with Crippen LogP contribution in [0.1, 0.15) is 32.5 Å². The average molecular weight is 233 g/mol. The number of methoxy groups -OCH3 is 1. The number of benzene rings is 1. The van der Waals surface area contributed by atoms with Crippen LogP contribution in [-0.2, 0) is 5.54 Å². The first-order chi connectivity index (χ1) is 8.12. The first-order valence-corrected chi connectivity index (χ1v) is 5.96. The highest BCUT2D eigenvalue weighted by Crippen LogP contribution is 2.26. The SMILES string of the molecule is CCC(N)(CC)c1nc2ccc(OC)cc2[nH]1. The van der Waals surface area contributed by atoms with Crippen LogP contribution in [0.2, 0.25) is 0 Å². The van der Waals surface area contributed by atoms with E-state index in [1.54, 1.807) is 7.11 Å². The lowest BCUT2D eigenvalue weighted by Crippen LogP contribution is -2.36. The summed E-state index contributed by atoms with van der Waals surface area (Å²) < 4.78 is 5.19. The highest BCUT2D eigenvalue weighted by molar-refractivity contribution is 5.77. The lowest BCUT2D eigenvalue weighted by molar-refractivity contribution is 0.391. The van der Waals surface area contributed by atoms with Crippen molar-refractivity contribution in [1.29, 1.82) is 0 Å². The zero-order chi connectivity index (χ0) is 12.5. The van der Waals surface area contributed by atoms with Gasteiger partial charge in [-0.05, 0) is 25.0 Å². The van der Waals surface area contributed by atoms with Crippen LogP contribution in [0.3, 0.4) is 0 Å². The van der Waals surface area contributed by atoms with E-state index >= 15 is 0 Å². The van der Waals surface area contributed by atoms with E-state index in [1.165, 1.54) is 0 Å². The van der Waals surface area contributed by atoms with E-state index in [0.29, 0.717) is 0 Å². The molecule has 0 atom stereocenters. The molecule has 3 N–H and O–H groups in total. The molecule has 0 aliphatic carbocycles. The zero-order valence-corrected chi connectivity index (χ0v) is 10.6. The smallest absolute Gasteiger partial charge is 0.127 e. The summed E-state index contributed by atoms with van der Waals surface area (Å²) in [6, 6.07) is 5.79. The second-order valence-electron chi connectivity index (χ2n) is 4.33. The molecule has 0 amide bonds.